The lowest BCUT2D eigenvalue weighted by atomic mass is 10.2. The fraction of sp³-hybridized carbons (Fsp3) is 0.333. The number of terminal acetylenes is 1. The summed E-state index contributed by atoms with van der Waals surface area (Å²) in [6.45, 7) is 1.54. The summed E-state index contributed by atoms with van der Waals surface area (Å²) in [5, 5.41) is 0. The van der Waals surface area contributed by atoms with E-state index in [9.17, 15) is 0 Å². The minimum Gasteiger partial charge on any atom is -0.497 e. The van der Waals surface area contributed by atoms with Crippen molar-refractivity contribution in [1.82, 2.24) is 4.90 Å². The molecule has 0 saturated carbocycles. The molecule has 1 aromatic rings. The van der Waals surface area contributed by atoms with Gasteiger partial charge in [0.05, 0.1) is 13.7 Å². The van der Waals surface area contributed by atoms with Crippen LogP contribution in [0, 0.1) is 12.3 Å². The third kappa shape index (κ3) is 3.12. The third-order valence-electron chi connectivity index (χ3n) is 1.97. The molecule has 0 saturated heterocycles. The van der Waals surface area contributed by atoms with Gasteiger partial charge in [0.1, 0.15) is 5.75 Å². The summed E-state index contributed by atoms with van der Waals surface area (Å²) in [4.78, 5) is 2.09. The maximum Gasteiger partial charge on any atom is 0.118 e. The molecule has 1 rings (SSSR count). The number of ether oxygens (including phenoxy) is 1. The van der Waals surface area contributed by atoms with Gasteiger partial charge in [-0.25, -0.2) is 0 Å². The number of hydrogen-bond donors (Lipinski definition) is 0. The molecule has 74 valence electrons. The number of benzene rings is 1. The Kier molecular flexibility index (Phi) is 4.03. The molecule has 14 heavy (non-hydrogen) atoms. The van der Waals surface area contributed by atoms with Crippen molar-refractivity contribution in [2.24, 2.45) is 0 Å². The standard InChI is InChI=1S/C12H15NO/c1-4-9-13(2)10-11-5-7-12(14-3)8-6-11/h1,5-8H,9-10H2,2-3H3. The Labute approximate surface area is 85.5 Å². The van der Waals surface area contributed by atoms with Gasteiger partial charge in [-0.1, -0.05) is 18.1 Å². The van der Waals surface area contributed by atoms with Crippen LogP contribution in [0.25, 0.3) is 0 Å². The fourth-order valence-corrected chi connectivity index (χ4v) is 1.25. The predicted molar refractivity (Wildman–Crippen MR) is 58.2 cm³/mol. The van der Waals surface area contributed by atoms with Crippen LogP contribution in [0.1, 0.15) is 5.56 Å². The van der Waals surface area contributed by atoms with Gasteiger partial charge in [-0.05, 0) is 24.7 Å². The monoisotopic (exact) mass is 189 g/mol. The van der Waals surface area contributed by atoms with Crippen LogP contribution >= 0.6 is 0 Å². The van der Waals surface area contributed by atoms with E-state index in [1.165, 1.54) is 5.56 Å². The second kappa shape index (κ2) is 5.31. The molecule has 0 spiro atoms. The van der Waals surface area contributed by atoms with Gasteiger partial charge in [-0.2, -0.15) is 0 Å². The van der Waals surface area contributed by atoms with Gasteiger partial charge >= 0.3 is 0 Å². The van der Waals surface area contributed by atoms with Gasteiger partial charge in [-0.3, -0.25) is 4.90 Å². The average Bonchev–Trinajstić information content (AvgIpc) is 2.19. The van der Waals surface area contributed by atoms with Crippen LogP contribution in [-0.2, 0) is 6.54 Å². The van der Waals surface area contributed by atoms with Gasteiger partial charge in [0.2, 0.25) is 0 Å². The SMILES string of the molecule is C#CCN(C)Cc1ccc(OC)cc1. The van der Waals surface area contributed by atoms with E-state index < -0.39 is 0 Å². The molecule has 0 radical (unpaired) electrons. The van der Waals surface area contributed by atoms with Crippen LogP contribution in [0.4, 0.5) is 0 Å². The molecule has 0 aromatic heterocycles. The zero-order valence-electron chi connectivity index (χ0n) is 8.66. The largest absolute Gasteiger partial charge is 0.497 e. The minimum atomic E-state index is 0.673. The summed E-state index contributed by atoms with van der Waals surface area (Å²) in [5.74, 6) is 3.49. The molecule has 2 heteroatoms. The Morgan fingerprint density at radius 1 is 1.36 bits per heavy atom. The first-order valence-electron chi connectivity index (χ1n) is 4.51. The minimum absolute atomic E-state index is 0.673. The highest BCUT2D eigenvalue weighted by Gasteiger charge is 1.98. The van der Waals surface area contributed by atoms with Gasteiger partial charge in [-0.15, -0.1) is 6.42 Å². The maximum absolute atomic E-state index is 5.22. The number of nitrogens with zero attached hydrogens (tertiary/aromatic N) is 1. The third-order valence-corrected chi connectivity index (χ3v) is 1.97. The van der Waals surface area contributed by atoms with Crippen molar-refractivity contribution < 1.29 is 4.74 Å². The van der Waals surface area contributed by atoms with Crippen molar-refractivity contribution in [2.75, 3.05) is 20.7 Å². The lowest BCUT2D eigenvalue weighted by molar-refractivity contribution is 0.368. The Balaban J connectivity index is 2.56. The molecular weight excluding hydrogens is 174 g/mol. The van der Waals surface area contributed by atoms with E-state index in [2.05, 4.69) is 10.8 Å². The molecule has 0 bridgehead atoms. The van der Waals surface area contributed by atoms with Crippen LogP contribution < -0.4 is 4.74 Å². The maximum atomic E-state index is 5.22. The second-order valence-corrected chi connectivity index (χ2v) is 3.22. The first kappa shape index (κ1) is 10.6. The van der Waals surface area contributed by atoms with Crippen LogP contribution in [0.15, 0.2) is 24.3 Å². The molecule has 0 aliphatic carbocycles. The van der Waals surface area contributed by atoms with E-state index in [1.54, 1.807) is 7.11 Å². The molecule has 0 N–H and O–H groups in total. The van der Waals surface area contributed by atoms with Gasteiger partial charge in [0, 0.05) is 6.54 Å². The van der Waals surface area contributed by atoms with Gasteiger partial charge in [0.15, 0.2) is 0 Å². The van der Waals surface area contributed by atoms with Gasteiger partial charge < -0.3 is 4.74 Å². The van der Waals surface area contributed by atoms with E-state index in [0.29, 0.717) is 6.54 Å². The van der Waals surface area contributed by atoms with Crippen molar-refractivity contribution in [3.63, 3.8) is 0 Å². The van der Waals surface area contributed by atoms with Crippen molar-refractivity contribution in [3.05, 3.63) is 29.8 Å². The summed E-state index contributed by atoms with van der Waals surface area (Å²) in [5.41, 5.74) is 1.24. The molecular formula is C12H15NO. The molecule has 2 nitrogen and oxygen atoms in total. The normalized spacial score (nSPS) is 9.86. The van der Waals surface area contributed by atoms with Gasteiger partial charge in [0.25, 0.3) is 0 Å². The fourth-order valence-electron chi connectivity index (χ4n) is 1.25. The highest BCUT2D eigenvalue weighted by atomic mass is 16.5. The Hall–Kier alpha value is -1.46. The van der Waals surface area contributed by atoms with Crippen LogP contribution in [-0.4, -0.2) is 25.6 Å². The zero-order valence-corrected chi connectivity index (χ0v) is 8.66. The quantitative estimate of drug-likeness (QED) is 0.669. The summed E-state index contributed by atoms with van der Waals surface area (Å²) >= 11 is 0. The lowest BCUT2D eigenvalue weighted by Crippen LogP contribution is -2.17. The zero-order chi connectivity index (χ0) is 10.4. The molecule has 0 atom stereocenters. The Morgan fingerprint density at radius 3 is 2.50 bits per heavy atom. The highest BCUT2D eigenvalue weighted by Crippen LogP contribution is 2.12. The van der Waals surface area contributed by atoms with E-state index in [-0.39, 0.29) is 0 Å². The van der Waals surface area contributed by atoms with E-state index in [1.807, 2.05) is 31.3 Å². The van der Waals surface area contributed by atoms with E-state index >= 15 is 0 Å². The first-order valence-corrected chi connectivity index (χ1v) is 4.51. The van der Waals surface area contributed by atoms with Crippen LogP contribution in [0.5, 0.6) is 5.75 Å². The second-order valence-electron chi connectivity index (χ2n) is 3.22. The summed E-state index contributed by atoms with van der Waals surface area (Å²) < 4.78 is 5.08. The molecule has 0 heterocycles. The molecule has 0 aliphatic rings. The predicted octanol–water partition coefficient (Wildman–Crippen LogP) is 1.76. The molecule has 0 amide bonds. The Bertz CT molecular complexity index is 310. The van der Waals surface area contributed by atoms with Crippen molar-refractivity contribution >= 4 is 0 Å². The summed E-state index contributed by atoms with van der Waals surface area (Å²) in [6.07, 6.45) is 5.22. The number of hydrogen-bond acceptors (Lipinski definition) is 2. The van der Waals surface area contributed by atoms with Crippen molar-refractivity contribution in [3.8, 4) is 18.1 Å². The lowest BCUT2D eigenvalue weighted by Gasteiger charge is -2.13. The molecule has 0 fully saturated rings. The van der Waals surface area contributed by atoms with Crippen molar-refractivity contribution in [2.45, 2.75) is 6.54 Å². The molecule has 0 aliphatic heterocycles. The Morgan fingerprint density at radius 2 is 2.00 bits per heavy atom. The first-order chi connectivity index (χ1) is 6.76. The topological polar surface area (TPSA) is 12.5 Å². The smallest absolute Gasteiger partial charge is 0.118 e. The number of methoxy groups -OCH3 is 1. The van der Waals surface area contributed by atoms with E-state index in [0.717, 1.165) is 12.3 Å². The summed E-state index contributed by atoms with van der Waals surface area (Å²) in [7, 11) is 3.67. The highest BCUT2D eigenvalue weighted by molar-refractivity contribution is 5.27. The van der Waals surface area contributed by atoms with E-state index in [4.69, 9.17) is 11.2 Å². The average molecular weight is 189 g/mol. The summed E-state index contributed by atoms with van der Waals surface area (Å²) in [6, 6.07) is 8.01. The van der Waals surface area contributed by atoms with Crippen molar-refractivity contribution in [1.29, 1.82) is 0 Å². The molecule has 1 aromatic carbocycles. The van der Waals surface area contributed by atoms with Crippen LogP contribution in [0.2, 0.25) is 0 Å². The van der Waals surface area contributed by atoms with Crippen LogP contribution in [0.3, 0.4) is 0 Å². The molecule has 0 unspecified atom stereocenters. The number of rotatable bonds is 4.